The van der Waals surface area contributed by atoms with Gasteiger partial charge in [-0.05, 0) is 19.1 Å². The SMILES string of the molecule is CNC(=O)OC(c1ccc(Cl)cc1Cl)C(C)O. The lowest BCUT2D eigenvalue weighted by molar-refractivity contribution is 0.0115. The number of aliphatic hydroxyl groups is 1. The highest BCUT2D eigenvalue weighted by Gasteiger charge is 2.23. The van der Waals surface area contributed by atoms with E-state index in [4.69, 9.17) is 27.9 Å². The second-order valence-electron chi connectivity index (χ2n) is 3.48. The number of hydrogen-bond donors (Lipinski definition) is 2. The predicted octanol–water partition coefficient (Wildman–Crippen LogP) is 2.77. The summed E-state index contributed by atoms with van der Waals surface area (Å²) in [5.74, 6) is 0. The number of carbonyl (C=O) groups is 1. The Morgan fingerprint density at radius 1 is 1.47 bits per heavy atom. The van der Waals surface area contributed by atoms with Crippen LogP contribution in [0.25, 0.3) is 0 Å². The highest BCUT2D eigenvalue weighted by Crippen LogP contribution is 2.30. The third kappa shape index (κ3) is 3.77. The van der Waals surface area contributed by atoms with E-state index in [1.54, 1.807) is 12.1 Å². The second-order valence-corrected chi connectivity index (χ2v) is 4.33. The number of hydrogen-bond acceptors (Lipinski definition) is 3. The summed E-state index contributed by atoms with van der Waals surface area (Å²) in [6.45, 7) is 1.51. The fourth-order valence-corrected chi connectivity index (χ4v) is 1.84. The molecule has 6 heteroatoms. The first kappa shape index (κ1) is 14.1. The largest absolute Gasteiger partial charge is 0.439 e. The predicted molar refractivity (Wildman–Crippen MR) is 66.4 cm³/mol. The van der Waals surface area contributed by atoms with Gasteiger partial charge < -0.3 is 15.2 Å². The molecule has 2 unspecified atom stereocenters. The van der Waals surface area contributed by atoms with Crippen molar-refractivity contribution in [3.63, 3.8) is 0 Å². The molecule has 1 aromatic carbocycles. The van der Waals surface area contributed by atoms with Crippen molar-refractivity contribution >= 4 is 29.3 Å². The van der Waals surface area contributed by atoms with Crippen molar-refractivity contribution in [3.05, 3.63) is 33.8 Å². The second kappa shape index (κ2) is 6.10. The molecule has 0 radical (unpaired) electrons. The lowest BCUT2D eigenvalue weighted by Crippen LogP contribution is -2.27. The van der Waals surface area contributed by atoms with Crippen LogP contribution in [-0.2, 0) is 4.74 Å². The zero-order valence-electron chi connectivity index (χ0n) is 9.41. The number of ether oxygens (including phenoxy) is 1. The molecule has 2 N–H and O–H groups in total. The Bertz CT molecular complexity index is 410. The minimum Gasteiger partial charge on any atom is -0.439 e. The standard InChI is InChI=1S/C11H13Cl2NO3/c1-6(15)10(17-11(16)14-2)8-4-3-7(12)5-9(8)13/h3-6,10,15H,1-2H3,(H,14,16). The van der Waals surface area contributed by atoms with Gasteiger partial charge in [0, 0.05) is 22.7 Å². The molecule has 1 aromatic rings. The van der Waals surface area contributed by atoms with E-state index in [1.165, 1.54) is 20.0 Å². The van der Waals surface area contributed by atoms with Crippen LogP contribution in [0.4, 0.5) is 4.79 Å². The third-order valence-corrected chi connectivity index (χ3v) is 2.71. The Morgan fingerprint density at radius 3 is 2.59 bits per heavy atom. The van der Waals surface area contributed by atoms with Crippen molar-refractivity contribution < 1.29 is 14.6 Å². The molecule has 0 aliphatic rings. The summed E-state index contributed by atoms with van der Waals surface area (Å²) in [7, 11) is 1.44. The van der Waals surface area contributed by atoms with E-state index in [0.29, 0.717) is 15.6 Å². The van der Waals surface area contributed by atoms with E-state index in [0.717, 1.165) is 0 Å². The third-order valence-electron chi connectivity index (χ3n) is 2.15. The summed E-state index contributed by atoms with van der Waals surface area (Å²) in [6, 6.07) is 4.76. The van der Waals surface area contributed by atoms with Gasteiger partial charge in [-0.3, -0.25) is 0 Å². The van der Waals surface area contributed by atoms with Crippen LogP contribution in [0.3, 0.4) is 0 Å². The maximum Gasteiger partial charge on any atom is 0.407 e. The van der Waals surface area contributed by atoms with Crippen LogP contribution in [0.2, 0.25) is 10.0 Å². The lowest BCUT2D eigenvalue weighted by Gasteiger charge is -2.21. The number of carbonyl (C=O) groups excluding carboxylic acids is 1. The minimum atomic E-state index is -0.883. The van der Waals surface area contributed by atoms with Crippen LogP contribution in [0, 0.1) is 0 Å². The van der Waals surface area contributed by atoms with E-state index in [1.807, 2.05) is 0 Å². The fourth-order valence-electron chi connectivity index (χ4n) is 1.33. The average Bonchev–Trinajstić information content (AvgIpc) is 2.26. The first-order chi connectivity index (χ1) is 7.95. The van der Waals surface area contributed by atoms with E-state index in [9.17, 15) is 9.90 Å². The molecule has 0 fully saturated rings. The van der Waals surface area contributed by atoms with E-state index < -0.39 is 18.3 Å². The normalized spacial score (nSPS) is 13.9. The molecule has 0 saturated heterocycles. The molecule has 0 aliphatic carbocycles. The van der Waals surface area contributed by atoms with Crippen LogP contribution in [-0.4, -0.2) is 24.4 Å². The molecular weight excluding hydrogens is 265 g/mol. The first-order valence-corrected chi connectivity index (χ1v) is 5.72. The topological polar surface area (TPSA) is 58.6 Å². The number of rotatable bonds is 3. The number of nitrogens with one attached hydrogen (secondary N) is 1. The summed E-state index contributed by atoms with van der Waals surface area (Å²) >= 11 is 11.8. The monoisotopic (exact) mass is 277 g/mol. The molecule has 1 rings (SSSR count). The number of alkyl carbamates (subject to hydrolysis) is 1. The zero-order chi connectivity index (χ0) is 13.0. The Balaban J connectivity index is 3.01. The van der Waals surface area contributed by atoms with Crippen LogP contribution < -0.4 is 5.32 Å². The Kier molecular flexibility index (Phi) is 5.05. The Morgan fingerprint density at radius 2 is 2.12 bits per heavy atom. The maximum atomic E-state index is 11.2. The van der Waals surface area contributed by atoms with E-state index in [2.05, 4.69) is 5.32 Å². The number of aliphatic hydroxyl groups excluding tert-OH is 1. The van der Waals surface area contributed by atoms with E-state index in [-0.39, 0.29) is 0 Å². The van der Waals surface area contributed by atoms with Gasteiger partial charge in [-0.1, -0.05) is 29.3 Å². The van der Waals surface area contributed by atoms with Crippen molar-refractivity contribution in [2.45, 2.75) is 19.1 Å². The molecule has 4 nitrogen and oxygen atoms in total. The molecule has 0 saturated carbocycles. The molecule has 17 heavy (non-hydrogen) atoms. The Hall–Kier alpha value is -0.970. The highest BCUT2D eigenvalue weighted by atomic mass is 35.5. The van der Waals surface area contributed by atoms with Gasteiger partial charge in [0.2, 0.25) is 0 Å². The van der Waals surface area contributed by atoms with Crippen molar-refractivity contribution in [2.24, 2.45) is 0 Å². The maximum absolute atomic E-state index is 11.2. The van der Waals surface area contributed by atoms with Crippen LogP contribution in [0.5, 0.6) is 0 Å². The number of halogens is 2. The smallest absolute Gasteiger partial charge is 0.407 e. The summed E-state index contributed by atoms with van der Waals surface area (Å²) in [5, 5.41) is 12.7. The van der Waals surface area contributed by atoms with Gasteiger partial charge >= 0.3 is 6.09 Å². The molecule has 2 atom stereocenters. The Labute approximate surface area is 109 Å². The summed E-state index contributed by atoms with van der Waals surface area (Å²) in [5.41, 5.74) is 0.509. The summed E-state index contributed by atoms with van der Waals surface area (Å²) in [4.78, 5) is 11.2. The molecule has 0 aliphatic heterocycles. The minimum absolute atomic E-state index is 0.340. The van der Waals surface area contributed by atoms with Crippen molar-refractivity contribution in [2.75, 3.05) is 7.05 Å². The lowest BCUT2D eigenvalue weighted by atomic mass is 10.1. The van der Waals surface area contributed by atoms with Gasteiger partial charge in [0.1, 0.15) is 0 Å². The van der Waals surface area contributed by atoms with Crippen LogP contribution >= 0.6 is 23.2 Å². The first-order valence-electron chi connectivity index (χ1n) is 4.97. The van der Waals surface area contributed by atoms with Gasteiger partial charge in [0.05, 0.1) is 6.10 Å². The number of benzene rings is 1. The van der Waals surface area contributed by atoms with Crippen molar-refractivity contribution in [3.8, 4) is 0 Å². The van der Waals surface area contributed by atoms with Crippen LogP contribution in [0.15, 0.2) is 18.2 Å². The molecule has 0 spiro atoms. The van der Waals surface area contributed by atoms with Gasteiger partial charge in [-0.25, -0.2) is 4.79 Å². The quantitative estimate of drug-likeness (QED) is 0.893. The molecule has 94 valence electrons. The van der Waals surface area contributed by atoms with Crippen LogP contribution in [0.1, 0.15) is 18.6 Å². The average molecular weight is 278 g/mol. The molecule has 1 amide bonds. The molecule has 0 aromatic heterocycles. The van der Waals surface area contributed by atoms with Gasteiger partial charge in [0.25, 0.3) is 0 Å². The molecule has 0 heterocycles. The molecule has 0 bridgehead atoms. The summed E-state index contributed by atoms with van der Waals surface area (Å²) < 4.78 is 5.04. The zero-order valence-corrected chi connectivity index (χ0v) is 10.9. The molecular formula is C11H13Cl2NO3. The van der Waals surface area contributed by atoms with Gasteiger partial charge in [0.15, 0.2) is 6.10 Å². The highest BCUT2D eigenvalue weighted by molar-refractivity contribution is 6.35. The van der Waals surface area contributed by atoms with Crippen molar-refractivity contribution in [1.82, 2.24) is 5.32 Å². The fraction of sp³-hybridized carbons (Fsp3) is 0.364. The summed E-state index contributed by atoms with van der Waals surface area (Å²) in [6.07, 6.45) is -2.35. The van der Waals surface area contributed by atoms with Crippen molar-refractivity contribution in [1.29, 1.82) is 0 Å². The number of amides is 1. The van der Waals surface area contributed by atoms with Gasteiger partial charge in [-0.15, -0.1) is 0 Å². The van der Waals surface area contributed by atoms with E-state index >= 15 is 0 Å². The van der Waals surface area contributed by atoms with Gasteiger partial charge in [-0.2, -0.15) is 0 Å².